The van der Waals surface area contributed by atoms with E-state index in [2.05, 4.69) is 56.7 Å². The van der Waals surface area contributed by atoms with Gasteiger partial charge in [-0.1, -0.05) is 49.9 Å². The first kappa shape index (κ1) is 23.4. The highest BCUT2D eigenvalue weighted by molar-refractivity contribution is 7.99. The zero-order valence-corrected chi connectivity index (χ0v) is 19.7. The molecule has 0 radical (unpaired) electrons. The lowest BCUT2D eigenvalue weighted by Crippen LogP contribution is -2.28. The minimum atomic E-state index is 0.196. The zero-order valence-electron chi connectivity index (χ0n) is 18.9. The molecule has 0 N–H and O–H groups in total. The molecule has 0 aliphatic carbocycles. The number of thioether (sulfide) groups is 1. The van der Waals surface area contributed by atoms with Gasteiger partial charge >= 0.3 is 0 Å². The van der Waals surface area contributed by atoms with Crippen LogP contribution in [0.2, 0.25) is 0 Å². The maximum atomic E-state index is 12.9. The molecule has 31 heavy (non-hydrogen) atoms. The number of carbonyl (C=O) groups is 1. The molecule has 1 unspecified atom stereocenters. The van der Waals surface area contributed by atoms with Crippen LogP contribution in [0.25, 0.3) is 10.8 Å². The summed E-state index contributed by atoms with van der Waals surface area (Å²) in [5.41, 5.74) is 2.11. The predicted molar refractivity (Wildman–Crippen MR) is 133 cm³/mol. The van der Waals surface area contributed by atoms with Gasteiger partial charge in [-0.25, -0.2) is 0 Å². The monoisotopic (exact) mass is 435 g/mol. The molecule has 2 aromatic carbocycles. The minimum Gasteiger partial charge on any atom is -0.492 e. The van der Waals surface area contributed by atoms with Crippen LogP contribution in [0.1, 0.15) is 37.0 Å². The van der Waals surface area contributed by atoms with Crippen LogP contribution in [0.3, 0.4) is 0 Å². The summed E-state index contributed by atoms with van der Waals surface area (Å²) in [6, 6.07) is 10.2. The van der Waals surface area contributed by atoms with Gasteiger partial charge in [-0.15, -0.1) is 11.8 Å². The van der Waals surface area contributed by atoms with Crippen LogP contribution in [0, 0.1) is 5.92 Å². The molecule has 1 aliphatic heterocycles. The van der Waals surface area contributed by atoms with E-state index >= 15 is 0 Å². The Hall–Kier alpha value is -2.30. The number of ketones is 1. The van der Waals surface area contributed by atoms with Crippen LogP contribution in [-0.2, 0) is 0 Å². The van der Waals surface area contributed by atoms with E-state index in [-0.39, 0.29) is 5.78 Å². The Bertz CT molecular complexity index is 992. The minimum absolute atomic E-state index is 0.196. The average Bonchev–Trinajstić information content (AvgIpc) is 2.80. The molecule has 0 saturated carbocycles. The van der Waals surface area contributed by atoms with Crippen molar-refractivity contribution in [3.8, 4) is 5.75 Å². The lowest BCUT2D eigenvalue weighted by atomic mass is 9.94. The van der Waals surface area contributed by atoms with Gasteiger partial charge in [0.15, 0.2) is 5.78 Å². The quantitative estimate of drug-likeness (QED) is 0.313. The van der Waals surface area contributed by atoms with E-state index in [1.165, 1.54) is 10.5 Å². The van der Waals surface area contributed by atoms with Crippen molar-refractivity contribution in [1.29, 1.82) is 0 Å². The molecule has 1 aliphatic rings. The fraction of sp³-hybridized carbons (Fsp3) is 0.370. The lowest BCUT2D eigenvalue weighted by Gasteiger charge is -2.24. The van der Waals surface area contributed by atoms with Crippen molar-refractivity contribution in [2.75, 3.05) is 32.5 Å². The van der Waals surface area contributed by atoms with Gasteiger partial charge in [0.25, 0.3) is 0 Å². The van der Waals surface area contributed by atoms with Crippen molar-refractivity contribution in [2.24, 2.45) is 5.92 Å². The molecule has 3 nitrogen and oxygen atoms in total. The lowest BCUT2D eigenvalue weighted by molar-refractivity contribution is 0.0967. The number of carbonyl (C=O) groups excluding carboxylic acids is 1. The van der Waals surface area contributed by atoms with Gasteiger partial charge in [-0.05, 0) is 60.9 Å². The molecule has 0 aromatic heterocycles. The third kappa shape index (κ3) is 6.11. The molecule has 1 atom stereocenters. The Kier molecular flexibility index (Phi) is 8.56. The molecule has 3 rings (SSSR count). The van der Waals surface area contributed by atoms with Gasteiger partial charge in [0.1, 0.15) is 5.75 Å². The normalized spacial score (nSPS) is 15.2. The summed E-state index contributed by atoms with van der Waals surface area (Å²) in [7, 11) is 2.10. The maximum Gasteiger partial charge on any atom is 0.164 e. The Morgan fingerprint density at radius 2 is 2.13 bits per heavy atom. The van der Waals surface area contributed by atoms with Gasteiger partial charge in [0.2, 0.25) is 0 Å². The maximum absolute atomic E-state index is 12.9. The summed E-state index contributed by atoms with van der Waals surface area (Å²) in [6.07, 6.45) is 9.69. The van der Waals surface area contributed by atoms with Crippen LogP contribution < -0.4 is 4.74 Å². The zero-order chi connectivity index (χ0) is 22.2. The predicted octanol–water partition coefficient (Wildman–Crippen LogP) is 6.54. The average molecular weight is 436 g/mol. The van der Waals surface area contributed by atoms with Crippen molar-refractivity contribution >= 4 is 28.3 Å². The summed E-state index contributed by atoms with van der Waals surface area (Å²) in [4.78, 5) is 16.3. The van der Waals surface area contributed by atoms with E-state index in [1.54, 1.807) is 0 Å². The van der Waals surface area contributed by atoms with Crippen molar-refractivity contribution < 1.29 is 9.53 Å². The summed E-state index contributed by atoms with van der Waals surface area (Å²) in [5.74, 6) is 2.58. The highest BCUT2D eigenvalue weighted by Crippen LogP contribution is 2.36. The largest absolute Gasteiger partial charge is 0.492 e. The number of hydrogen-bond acceptors (Lipinski definition) is 4. The highest BCUT2D eigenvalue weighted by atomic mass is 32.2. The summed E-state index contributed by atoms with van der Waals surface area (Å²) >= 11 is 1.82. The number of fused-ring (bicyclic) bond motifs is 2. The van der Waals surface area contributed by atoms with E-state index in [0.717, 1.165) is 54.0 Å². The van der Waals surface area contributed by atoms with Crippen LogP contribution in [0.4, 0.5) is 0 Å². The highest BCUT2D eigenvalue weighted by Gasteiger charge is 2.16. The van der Waals surface area contributed by atoms with Crippen molar-refractivity contribution in [3.05, 3.63) is 72.4 Å². The SMILES string of the molecule is C=C/C=C\C(=C/C)C(CC)CN(C)CCC(=O)c1ccc2cc3c(cc2c1)SCCO3. The van der Waals surface area contributed by atoms with Gasteiger partial charge in [-0.3, -0.25) is 4.79 Å². The van der Waals surface area contributed by atoms with Crippen molar-refractivity contribution in [3.63, 3.8) is 0 Å². The Morgan fingerprint density at radius 3 is 2.87 bits per heavy atom. The molecule has 164 valence electrons. The van der Waals surface area contributed by atoms with Gasteiger partial charge in [-0.2, -0.15) is 0 Å². The van der Waals surface area contributed by atoms with Crippen LogP contribution in [0.5, 0.6) is 5.75 Å². The third-order valence-corrected chi connectivity index (χ3v) is 6.80. The first-order valence-electron chi connectivity index (χ1n) is 11.1. The van der Waals surface area contributed by atoms with Crippen LogP contribution >= 0.6 is 11.8 Å². The topological polar surface area (TPSA) is 29.5 Å². The number of hydrogen-bond donors (Lipinski definition) is 0. The van der Waals surface area contributed by atoms with Gasteiger partial charge in [0.05, 0.1) is 11.5 Å². The van der Waals surface area contributed by atoms with Crippen molar-refractivity contribution in [2.45, 2.75) is 31.6 Å². The smallest absolute Gasteiger partial charge is 0.164 e. The van der Waals surface area contributed by atoms with E-state index in [9.17, 15) is 4.79 Å². The molecule has 0 saturated heterocycles. The van der Waals surface area contributed by atoms with Gasteiger partial charge < -0.3 is 9.64 Å². The molecule has 1 heterocycles. The Balaban J connectivity index is 1.62. The second-order valence-corrected chi connectivity index (χ2v) is 9.12. The number of nitrogens with zero attached hydrogens (tertiary/aromatic N) is 1. The third-order valence-electron chi connectivity index (χ3n) is 5.80. The van der Waals surface area contributed by atoms with Crippen molar-refractivity contribution in [1.82, 2.24) is 4.90 Å². The first-order valence-corrected chi connectivity index (χ1v) is 12.0. The Labute approximate surface area is 190 Å². The second-order valence-electron chi connectivity index (χ2n) is 7.98. The number of allylic oxidation sites excluding steroid dienone is 4. The second kappa shape index (κ2) is 11.4. The van der Waals surface area contributed by atoms with Gasteiger partial charge in [0, 0.05) is 30.8 Å². The number of ether oxygens (including phenoxy) is 1. The van der Waals surface area contributed by atoms with Crippen LogP contribution in [0.15, 0.2) is 71.7 Å². The molecular weight excluding hydrogens is 402 g/mol. The van der Waals surface area contributed by atoms with E-state index in [1.807, 2.05) is 42.1 Å². The number of benzene rings is 2. The first-order chi connectivity index (χ1) is 15.0. The molecule has 0 spiro atoms. The molecule has 4 heteroatoms. The summed E-state index contributed by atoms with van der Waals surface area (Å²) in [5, 5.41) is 2.22. The molecule has 2 aromatic rings. The molecule has 0 bridgehead atoms. The van der Waals surface area contributed by atoms with E-state index < -0.39 is 0 Å². The Morgan fingerprint density at radius 1 is 1.29 bits per heavy atom. The summed E-state index contributed by atoms with van der Waals surface area (Å²) in [6.45, 7) is 10.5. The molecule has 0 fully saturated rings. The van der Waals surface area contributed by atoms with E-state index in [0.29, 0.717) is 12.3 Å². The fourth-order valence-electron chi connectivity index (χ4n) is 3.98. The number of rotatable bonds is 10. The van der Waals surface area contributed by atoms with E-state index in [4.69, 9.17) is 4.74 Å². The molecule has 0 amide bonds. The van der Waals surface area contributed by atoms with Crippen LogP contribution in [-0.4, -0.2) is 43.2 Å². The standard InChI is InChI=1S/C27H33NO2S/c1-5-8-9-20(6-2)21(7-3)19-28(4)13-12-25(29)23-11-10-22-17-26-27(18-24(22)16-23)31-15-14-30-26/h5-6,8-11,16-18,21H,1,7,12-15,19H2,2-4H3/b9-8-,20-6+. The molecular formula is C27H33NO2S. The fourth-order valence-corrected chi connectivity index (χ4v) is 4.84. The summed E-state index contributed by atoms with van der Waals surface area (Å²) < 4.78 is 5.76. The number of Topliss-reactive ketones (excluding diaryl/α,β-unsaturated/α-hetero) is 1.